The molecule has 0 spiro atoms. The van der Waals surface area contributed by atoms with E-state index in [1.165, 1.54) is 18.4 Å². The minimum absolute atomic E-state index is 0.00341. The van der Waals surface area contributed by atoms with Crippen molar-refractivity contribution in [2.75, 3.05) is 13.2 Å². The van der Waals surface area contributed by atoms with E-state index < -0.39 is 36.4 Å². The molecule has 1 unspecified atom stereocenters. The zero-order chi connectivity index (χ0) is 21.0. The predicted molar refractivity (Wildman–Crippen MR) is 98.5 cm³/mol. The molecule has 2 amide bonds. The second-order valence-corrected chi connectivity index (χ2v) is 6.30. The van der Waals surface area contributed by atoms with Gasteiger partial charge in [-0.2, -0.15) is 0 Å². The van der Waals surface area contributed by atoms with Crippen molar-refractivity contribution < 1.29 is 32.7 Å². The number of furan rings is 1. The van der Waals surface area contributed by atoms with Gasteiger partial charge in [-0.25, -0.2) is 18.8 Å². The fourth-order valence-corrected chi connectivity index (χ4v) is 2.88. The first-order valence-corrected chi connectivity index (χ1v) is 8.91. The van der Waals surface area contributed by atoms with E-state index in [2.05, 4.69) is 10.6 Å². The molecular weight excluding hydrogens is 407 g/mol. The number of amides is 2. The van der Waals surface area contributed by atoms with Crippen LogP contribution in [0.15, 0.2) is 52.3 Å². The third-order valence-electron chi connectivity index (χ3n) is 3.98. The van der Waals surface area contributed by atoms with E-state index >= 15 is 0 Å². The SMILES string of the molecule is CCOC(=O)C1=C(COC(=O)c2ccc(Cl)cc2F)NC(=O)NC1c1ccco1. The molecule has 8 nitrogen and oxygen atoms in total. The van der Waals surface area contributed by atoms with Crippen molar-refractivity contribution in [3.05, 3.63) is 70.0 Å². The number of halogens is 2. The molecule has 2 heterocycles. The first kappa shape index (κ1) is 20.4. The van der Waals surface area contributed by atoms with Crippen LogP contribution in [0.3, 0.4) is 0 Å². The van der Waals surface area contributed by atoms with Crippen molar-refractivity contribution in [3.63, 3.8) is 0 Å². The largest absolute Gasteiger partial charge is 0.467 e. The smallest absolute Gasteiger partial charge is 0.341 e. The molecule has 152 valence electrons. The van der Waals surface area contributed by atoms with E-state index in [0.717, 1.165) is 6.07 Å². The Morgan fingerprint density at radius 3 is 2.69 bits per heavy atom. The predicted octanol–water partition coefficient (Wildman–Crippen LogP) is 3.10. The van der Waals surface area contributed by atoms with Crippen LogP contribution in [0.2, 0.25) is 5.02 Å². The second-order valence-electron chi connectivity index (χ2n) is 5.86. The zero-order valence-corrected chi connectivity index (χ0v) is 15.9. The van der Waals surface area contributed by atoms with Crippen molar-refractivity contribution in [1.82, 2.24) is 10.6 Å². The molecule has 2 N–H and O–H groups in total. The van der Waals surface area contributed by atoms with Gasteiger partial charge in [0.15, 0.2) is 0 Å². The number of carbonyl (C=O) groups is 3. The van der Waals surface area contributed by atoms with Crippen molar-refractivity contribution in [2.24, 2.45) is 0 Å². The van der Waals surface area contributed by atoms with Gasteiger partial charge >= 0.3 is 18.0 Å². The van der Waals surface area contributed by atoms with Crippen molar-refractivity contribution >= 4 is 29.6 Å². The van der Waals surface area contributed by atoms with Crippen LogP contribution in [0, 0.1) is 5.82 Å². The van der Waals surface area contributed by atoms with Crippen LogP contribution in [-0.4, -0.2) is 31.2 Å². The molecule has 0 radical (unpaired) electrons. The summed E-state index contributed by atoms with van der Waals surface area (Å²) in [6.07, 6.45) is 1.38. The quantitative estimate of drug-likeness (QED) is 0.693. The fraction of sp³-hybridized carbons (Fsp3) is 0.211. The van der Waals surface area contributed by atoms with Gasteiger partial charge in [-0.1, -0.05) is 11.6 Å². The highest BCUT2D eigenvalue weighted by Crippen LogP contribution is 2.28. The van der Waals surface area contributed by atoms with Crippen LogP contribution in [0.4, 0.5) is 9.18 Å². The Hall–Kier alpha value is -3.33. The van der Waals surface area contributed by atoms with Crippen LogP contribution < -0.4 is 10.6 Å². The number of esters is 2. The lowest BCUT2D eigenvalue weighted by Crippen LogP contribution is -2.47. The van der Waals surface area contributed by atoms with E-state index in [-0.39, 0.29) is 34.2 Å². The molecule has 1 aliphatic rings. The van der Waals surface area contributed by atoms with Crippen LogP contribution in [0.25, 0.3) is 0 Å². The molecular formula is C19H16ClFN2O6. The first-order valence-electron chi connectivity index (χ1n) is 8.54. The number of hydrogen-bond acceptors (Lipinski definition) is 6. The fourth-order valence-electron chi connectivity index (χ4n) is 2.72. The van der Waals surface area contributed by atoms with Gasteiger partial charge in [0.05, 0.1) is 29.7 Å². The molecule has 10 heteroatoms. The lowest BCUT2D eigenvalue weighted by Gasteiger charge is -2.27. The maximum atomic E-state index is 13.9. The van der Waals surface area contributed by atoms with Gasteiger partial charge < -0.3 is 24.5 Å². The minimum Gasteiger partial charge on any atom is -0.467 e. The Morgan fingerprint density at radius 1 is 1.24 bits per heavy atom. The first-order chi connectivity index (χ1) is 13.9. The summed E-state index contributed by atoms with van der Waals surface area (Å²) < 4.78 is 29.4. The molecule has 1 aromatic heterocycles. The summed E-state index contributed by atoms with van der Waals surface area (Å²) in [5.74, 6) is -2.29. The van der Waals surface area contributed by atoms with Crippen LogP contribution in [0.5, 0.6) is 0 Å². The monoisotopic (exact) mass is 422 g/mol. The van der Waals surface area contributed by atoms with Gasteiger partial charge in [-0.3, -0.25) is 0 Å². The average Bonchev–Trinajstić information content (AvgIpc) is 3.20. The highest BCUT2D eigenvalue weighted by atomic mass is 35.5. The molecule has 0 saturated heterocycles. The summed E-state index contributed by atoms with van der Waals surface area (Å²) in [5, 5.41) is 5.10. The topological polar surface area (TPSA) is 107 Å². The number of hydrogen-bond donors (Lipinski definition) is 2. The molecule has 0 fully saturated rings. The average molecular weight is 423 g/mol. The Kier molecular flexibility index (Phi) is 6.18. The number of ether oxygens (including phenoxy) is 2. The summed E-state index contributed by atoms with van der Waals surface area (Å²) in [6, 6.07) is 5.07. The van der Waals surface area contributed by atoms with Crippen LogP contribution >= 0.6 is 11.6 Å². The standard InChI is InChI=1S/C19H16ClFN2O6/c1-2-27-18(25)15-13(22-19(26)23-16(15)14-4-3-7-28-14)9-29-17(24)11-6-5-10(20)8-12(11)21/h3-8,16H,2,9H2,1H3,(H2,22,23,26). The molecule has 3 rings (SSSR count). The molecule has 0 saturated carbocycles. The Bertz CT molecular complexity index is 973. The number of carbonyl (C=O) groups excluding carboxylic acids is 3. The highest BCUT2D eigenvalue weighted by molar-refractivity contribution is 6.30. The van der Waals surface area contributed by atoms with Gasteiger partial charge in [0.2, 0.25) is 0 Å². The molecule has 29 heavy (non-hydrogen) atoms. The molecule has 2 aromatic rings. The Balaban J connectivity index is 1.89. The van der Waals surface area contributed by atoms with Crippen molar-refractivity contribution in [3.8, 4) is 0 Å². The van der Waals surface area contributed by atoms with E-state index in [9.17, 15) is 18.8 Å². The molecule has 1 aliphatic heterocycles. The molecule has 0 bridgehead atoms. The van der Waals surface area contributed by atoms with Crippen LogP contribution in [0.1, 0.15) is 29.1 Å². The van der Waals surface area contributed by atoms with Gasteiger partial charge in [-0.05, 0) is 37.3 Å². The summed E-state index contributed by atoms with van der Waals surface area (Å²) in [5.41, 5.74) is -0.336. The molecule has 1 aromatic carbocycles. The minimum atomic E-state index is -0.989. The van der Waals surface area contributed by atoms with Gasteiger partial charge in [-0.15, -0.1) is 0 Å². The van der Waals surface area contributed by atoms with Crippen molar-refractivity contribution in [2.45, 2.75) is 13.0 Å². The summed E-state index contributed by atoms with van der Waals surface area (Å²) in [7, 11) is 0. The third-order valence-corrected chi connectivity index (χ3v) is 4.21. The van der Waals surface area contributed by atoms with Gasteiger partial charge in [0, 0.05) is 5.02 Å². The second kappa shape index (κ2) is 8.78. The lowest BCUT2D eigenvalue weighted by atomic mass is 10.0. The highest BCUT2D eigenvalue weighted by Gasteiger charge is 2.35. The Morgan fingerprint density at radius 2 is 2.03 bits per heavy atom. The van der Waals surface area contributed by atoms with Crippen molar-refractivity contribution in [1.29, 1.82) is 0 Å². The summed E-state index contributed by atoms with van der Waals surface area (Å²) in [4.78, 5) is 36.8. The number of rotatable bonds is 6. The normalized spacial score (nSPS) is 16.1. The number of urea groups is 1. The molecule has 0 aliphatic carbocycles. The maximum absolute atomic E-state index is 13.9. The summed E-state index contributed by atoms with van der Waals surface area (Å²) >= 11 is 5.67. The van der Waals surface area contributed by atoms with E-state index in [4.69, 9.17) is 25.5 Å². The maximum Gasteiger partial charge on any atom is 0.341 e. The summed E-state index contributed by atoms with van der Waals surface area (Å²) in [6.45, 7) is 1.21. The van der Waals surface area contributed by atoms with Crippen LogP contribution in [-0.2, 0) is 14.3 Å². The van der Waals surface area contributed by atoms with E-state index in [1.54, 1.807) is 19.1 Å². The van der Waals surface area contributed by atoms with Gasteiger partial charge in [0.1, 0.15) is 24.2 Å². The number of nitrogens with one attached hydrogen (secondary N) is 2. The van der Waals surface area contributed by atoms with E-state index in [1.807, 2.05) is 0 Å². The number of benzene rings is 1. The lowest BCUT2D eigenvalue weighted by molar-refractivity contribution is -0.139. The van der Waals surface area contributed by atoms with E-state index in [0.29, 0.717) is 0 Å². The third kappa shape index (κ3) is 4.57. The molecule has 1 atom stereocenters. The Labute approximate surface area is 169 Å². The van der Waals surface area contributed by atoms with Gasteiger partial charge in [0.25, 0.3) is 0 Å². The zero-order valence-electron chi connectivity index (χ0n) is 15.2.